The number of fused-ring (bicyclic) bond motifs is 4. The molecular formula is C40H41F2N7O4. The van der Waals surface area contributed by atoms with E-state index >= 15 is 8.78 Å². The van der Waals surface area contributed by atoms with Crippen LogP contribution in [0.15, 0.2) is 60.8 Å². The summed E-state index contributed by atoms with van der Waals surface area (Å²) in [5.41, 5.74) is 5.33. The van der Waals surface area contributed by atoms with Crippen LogP contribution in [0, 0.1) is 5.92 Å². The number of carbonyl (C=O) groups excluding carboxylic acids is 2. The molecule has 3 aliphatic heterocycles. The van der Waals surface area contributed by atoms with Crippen molar-refractivity contribution < 1.29 is 27.8 Å². The van der Waals surface area contributed by atoms with Crippen molar-refractivity contribution in [2.75, 3.05) is 33.4 Å². The highest BCUT2D eigenvalue weighted by atomic mass is 19.3. The van der Waals surface area contributed by atoms with Crippen LogP contribution in [-0.2, 0) is 20.2 Å². The van der Waals surface area contributed by atoms with Crippen LogP contribution in [0.4, 0.5) is 13.6 Å². The number of nitrogens with one attached hydrogen (secondary N) is 4. The average Bonchev–Trinajstić information content (AvgIpc) is 4.04. The van der Waals surface area contributed by atoms with E-state index in [0.29, 0.717) is 66.2 Å². The maximum absolute atomic E-state index is 16.2. The van der Waals surface area contributed by atoms with Gasteiger partial charge in [0.15, 0.2) is 0 Å². The second kappa shape index (κ2) is 13.4. The monoisotopic (exact) mass is 721 g/mol. The molecule has 5 aromatic rings. The second-order valence-corrected chi connectivity index (χ2v) is 14.5. The number of hydrogen-bond donors (Lipinski definition) is 4. The number of carbonyl (C=O) groups is 2. The standard InChI is InChI=1S/C40H41F2N7O4/c1-52-39(51)48-35(22-12-16-53-17-13-22)38(50)49-15-3-5-34(49)37-45-30-11-8-24(20-32(30)46-37)23-6-9-26-27-10-7-25(19-29(27)40(41,42)28(26)18-23)33-21-44-36(47-33)31-4-2-14-43-31/h6-11,18-22,31,34-35,43H,2-5,12-17H2,1H3,(H,44,47)(H,45,46)(H,48,51)/t31-,34-,35?/m0/s1. The predicted molar refractivity (Wildman–Crippen MR) is 194 cm³/mol. The molecule has 0 spiro atoms. The van der Waals surface area contributed by atoms with Crippen molar-refractivity contribution in [2.24, 2.45) is 5.92 Å². The van der Waals surface area contributed by atoms with E-state index in [1.807, 2.05) is 30.3 Å². The maximum Gasteiger partial charge on any atom is 0.407 e. The van der Waals surface area contributed by atoms with Gasteiger partial charge in [0.2, 0.25) is 5.91 Å². The number of aromatic nitrogens is 4. The number of amides is 2. The summed E-state index contributed by atoms with van der Waals surface area (Å²) in [6.45, 7) is 2.56. The number of hydrogen-bond acceptors (Lipinski definition) is 7. The van der Waals surface area contributed by atoms with Gasteiger partial charge in [0, 0.05) is 36.4 Å². The molecule has 0 radical (unpaired) electrons. The number of alkyl halides is 2. The van der Waals surface area contributed by atoms with Gasteiger partial charge >= 0.3 is 6.09 Å². The Labute approximate surface area is 304 Å². The number of H-pyrrole nitrogens is 2. The fraction of sp³-hybridized carbons (Fsp3) is 0.400. The molecular weight excluding hydrogens is 680 g/mol. The van der Waals surface area contributed by atoms with E-state index in [2.05, 4.69) is 25.6 Å². The number of aromatic amines is 2. The van der Waals surface area contributed by atoms with Crippen LogP contribution in [0.25, 0.3) is 44.5 Å². The maximum atomic E-state index is 16.2. The van der Waals surface area contributed by atoms with Crippen LogP contribution in [-0.4, -0.2) is 76.3 Å². The van der Waals surface area contributed by atoms with Crippen LogP contribution in [0.5, 0.6) is 0 Å². The Balaban J connectivity index is 0.969. The van der Waals surface area contributed by atoms with Crippen molar-refractivity contribution in [1.29, 1.82) is 0 Å². The summed E-state index contributed by atoms with van der Waals surface area (Å²) >= 11 is 0. The Hall–Kier alpha value is -5.14. The number of methoxy groups -OCH3 is 1. The summed E-state index contributed by atoms with van der Waals surface area (Å²) in [5, 5.41) is 6.21. The fourth-order valence-electron chi connectivity index (χ4n) is 8.62. The summed E-state index contributed by atoms with van der Waals surface area (Å²) in [7, 11) is 1.29. The molecule has 3 atom stereocenters. The number of likely N-dealkylation sites (tertiary alicyclic amines) is 1. The predicted octanol–water partition coefficient (Wildman–Crippen LogP) is 6.98. The van der Waals surface area contributed by atoms with E-state index in [4.69, 9.17) is 14.5 Å². The first kappa shape index (κ1) is 33.7. The Morgan fingerprint density at radius 1 is 0.925 bits per heavy atom. The number of ether oxygens (including phenoxy) is 2. The lowest BCUT2D eigenvalue weighted by Gasteiger charge is -2.34. The second-order valence-electron chi connectivity index (χ2n) is 14.5. The Kier molecular flexibility index (Phi) is 8.50. The normalized spacial score (nSPS) is 21.5. The zero-order chi connectivity index (χ0) is 36.3. The van der Waals surface area contributed by atoms with E-state index in [9.17, 15) is 9.59 Å². The van der Waals surface area contributed by atoms with Gasteiger partial charge in [-0.3, -0.25) is 4.79 Å². The van der Waals surface area contributed by atoms with Crippen molar-refractivity contribution in [3.05, 3.63) is 83.6 Å². The van der Waals surface area contributed by atoms with E-state index in [1.165, 1.54) is 7.11 Å². The summed E-state index contributed by atoms with van der Waals surface area (Å²) in [6, 6.07) is 15.3. The molecule has 9 rings (SSSR count). The Morgan fingerprint density at radius 2 is 1.66 bits per heavy atom. The molecule has 1 unspecified atom stereocenters. The largest absolute Gasteiger partial charge is 0.453 e. The molecule has 0 bridgehead atoms. The molecule has 0 saturated carbocycles. The number of benzene rings is 3. The van der Waals surface area contributed by atoms with Gasteiger partial charge in [0.25, 0.3) is 5.92 Å². The van der Waals surface area contributed by atoms with Crippen LogP contribution >= 0.6 is 0 Å². The van der Waals surface area contributed by atoms with Gasteiger partial charge < -0.3 is 35.0 Å². The van der Waals surface area contributed by atoms with Crippen molar-refractivity contribution in [3.8, 4) is 33.5 Å². The molecule has 274 valence electrons. The molecule has 4 aliphatic rings. The number of halogens is 2. The van der Waals surface area contributed by atoms with Gasteiger partial charge in [-0.25, -0.2) is 14.8 Å². The highest BCUT2D eigenvalue weighted by molar-refractivity contribution is 5.88. The minimum Gasteiger partial charge on any atom is -0.453 e. The van der Waals surface area contributed by atoms with Gasteiger partial charge in [-0.15, -0.1) is 0 Å². The van der Waals surface area contributed by atoms with Crippen LogP contribution in [0.3, 0.4) is 0 Å². The molecule has 2 aromatic heterocycles. The third-order valence-corrected chi connectivity index (χ3v) is 11.4. The highest BCUT2D eigenvalue weighted by Gasteiger charge is 2.45. The lowest BCUT2D eigenvalue weighted by Crippen LogP contribution is -2.53. The molecule has 3 fully saturated rings. The zero-order valence-electron chi connectivity index (χ0n) is 29.4. The molecule has 11 nitrogen and oxygen atoms in total. The van der Waals surface area contributed by atoms with Crippen molar-refractivity contribution in [1.82, 2.24) is 35.5 Å². The lowest BCUT2D eigenvalue weighted by molar-refractivity contribution is -0.136. The van der Waals surface area contributed by atoms with Crippen molar-refractivity contribution >= 4 is 23.0 Å². The molecule has 13 heteroatoms. The van der Waals surface area contributed by atoms with Gasteiger partial charge in [0.1, 0.15) is 17.7 Å². The first-order valence-electron chi connectivity index (χ1n) is 18.5. The third kappa shape index (κ3) is 5.95. The third-order valence-electron chi connectivity index (χ3n) is 11.4. The SMILES string of the molecule is COC(=O)NC(C(=O)N1CCC[C@H]1c1nc2ccc(-c3ccc4c(c3)C(F)(F)c3cc(-c5cnc([C@@H]6CCCN6)[nH]5)ccc3-4)cc2[nH]1)C1CCOCC1. The molecule has 2 amide bonds. The van der Waals surface area contributed by atoms with Gasteiger partial charge in [0.05, 0.1) is 42.1 Å². The summed E-state index contributed by atoms with van der Waals surface area (Å²) < 4.78 is 42.9. The molecule has 3 aromatic carbocycles. The lowest BCUT2D eigenvalue weighted by atomic mass is 9.90. The minimum atomic E-state index is -3.18. The smallest absolute Gasteiger partial charge is 0.407 e. The van der Waals surface area contributed by atoms with Gasteiger partial charge in [-0.1, -0.05) is 30.3 Å². The summed E-state index contributed by atoms with van der Waals surface area (Å²) in [5.74, 6) is -1.91. The van der Waals surface area contributed by atoms with Crippen LogP contribution < -0.4 is 10.6 Å². The average molecular weight is 722 g/mol. The molecule has 1 aliphatic carbocycles. The van der Waals surface area contributed by atoms with E-state index < -0.39 is 18.1 Å². The quantitative estimate of drug-likeness (QED) is 0.142. The molecule has 3 saturated heterocycles. The minimum absolute atomic E-state index is 0.0116. The number of nitrogens with zero attached hydrogens (tertiary/aromatic N) is 3. The van der Waals surface area contributed by atoms with E-state index in [0.717, 1.165) is 54.8 Å². The van der Waals surface area contributed by atoms with Crippen LogP contribution in [0.2, 0.25) is 0 Å². The molecule has 53 heavy (non-hydrogen) atoms. The topological polar surface area (TPSA) is 137 Å². The van der Waals surface area contributed by atoms with E-state index in [1.54, 1.807) is 35.4 Å². The fourth-order valence-corrected chi connectivity index (χ4v) is 8.62. The number of imidazole rings is 2. The Morgan fingerprint density at radius 3 is 2.42 bits per heavy atom. The molecule has 5 heterocycles. The highest BCUT2D eigenvalue weighted by Crippen LogP contribution is 2.52. The number of rotatable bonds is 7. The first-order chi connectivity index (χ1) is 25.8. The molecule has 4 N–H and O–H groups in total. The van der Waals surface area contributed by atoms with Crippen LogP contribution in [0.1, 0.15) is 73.4 Å². The summed E-state index contributed by atoms with van der Waals surface area (Å²) in [4.78, 5) is 44.2. The summed E-state index contributed by atoms with van der Waals surface area (Å²) in [6.07, 6.45) is 6.01. The van der Waals surface area contributed by atoms with Crippen molar-refractivity contribution in [3.63, 3.8) is 0 Å². The number of alkyl carbamates (subject to hydrolysis) is 1. The first-order valence-corrected chi connectivity index (χ1v) is 18.5. The Bertz CT molecular complexity index is 2200. The van der Waals surface area contributed by atoms with Gasteiger partial charge in [-0.2, -0.15) is 8.78 Å². The van der Waals surface area contributed by atoms with E-state index in [-0.39, 0.29) is 35.0 Å². The van der Waals surface area contributed by atoms with Crippen molar-refractivity contribution in [2.45, 2.75) is 62.6 Å². The van der Waals surface area contributed by atoms with Gasteiger partial charge in [-0.05, 0) is 97.5 Å². The zero-order valence-corrected chi connectivity index (χ0v) is 29.4.